The molecule has 0 heterocycles. The molecule has 1 atom stereocenters. The second-order valence-corrected chi connectivity index (χ2v) is 6.45. The summed E-state index contributed by atoms with van der Waals surface area (Å²) in [6, 6.07) is 16.7. The van der Waals surface area contributed by atoms with Crippen LogP contribution in [-0.4, -0.2) is 5.11 Å². The first-order valence-electron chi connectivity index (χ1n) is 8.03. The van der Waals surface area contributed by atoms with E-state index in [0.717, 1.165) is 11.1 Å². The number of aliphatic hydroxyl groups excluding tert-OH is 1. The molecule has 0 radical (unpaired) electrons. The Balaban J connectivity index is 2.05. The third-order valence-electron chi connectivity index (χ3n) is 4.02. The highest BCUT2D eigenvalue weighted by Crippen LogP contribution is 2.21. The fourth-order valence-corrected chi connectivity index (χ4v) is 2.38. The molecular formula is C21H26O. The number of aliphatic hydroxyl groups is 1. The first-order valence-corrected chi connectivity index (χ1v) is 8.03. The third-order valence-corrected chi connectivity index (χ3v) is 4.02. The Hall–Kier alpha value is -1.86. The van der Waals surface area contributed by atoms with Crippen LogP contribution in [-0.2, 0) is 0 Å². The molecule has 0 aliphatic carbocycles. The average molecular weight is 294 g/mol. The molecule has 116 valence electrons. The Kier molecular flexibility index (Phi) is 5.57. The smallest absolute Gasteiger partial charge is 0.0975 e. The molecule has 1 N–H and O–H groups in total. The van der Waals surface area contributed by atoms with Crippen molar-refractivity contribution in [2.24, 2.45) is 0 Å². The van der Waals surface area contributed by atoms with Gasteiger partial charge in [0.15, 0.2) is 0 Å². The first-order chi connectivity index (χ1) is 10.5. The van der Waals surface area contributed by atoms with E-state index in [2.05, 4.69) is 64.1 Å². The van der Waals surface area contributed by atoms with Crippen LogP contribution in [0.5, 0.6) is 0 Å². The van der Waals surface area contributed by atoms with Gasteiger partial charge in [0.25, 0.3) is 0 Å². The maximum atomic E-state index is 10.3. The zero-order chi connectivity index (χ0) is 16.1. The van der Waals surface area contributed by atoms with Crippen molar-refractivity contribution in [1.82, 2.24) is 0 Å². The van der Waals surface area contributed by atoms with Crippen LogP contribution in [0.15, 0.2) is 54.6 Å². The predicted octanol–water partition coefficient (Wildman–Crippen LogP) is 5.68. The van der Waals surface area contributed by atoms with Gasteiger partial charge in [-0.25, -0.2) is 0 Å². The van der Waals surface area contributed by atoms with Gasteiger partial charge >= 0.3 is 0 Å². The van der Waals surface area contributed by atoms with Crippen molar-refractivity contribution in [3.05, 3.63) is 76.9 Å². The van der Waals surface area contributed by atoms with E-state index in [4.69, 9.17) is 0 Å². The Morgan fingerprint density at radius 1 is 0.682 bits per heavy atom. The molecule has 0 bridgehead atoms. The molecule has 22 heavy (non-hydrogen) atoms. The lowest BCUT2D eigenvalue weighted by Crippen LogP contribution is -1.94. The molecule has 0 saturated heterocycles. The van der Waals surface area contributed by atoms with Gasteiger partial charge in [-0.2, -0.15) is 0 Å². The van der Waals surface area contributed by atoms with Crippen LogP contribution < -0.4 is 0 Å². The minimum Gasteiger partial charge on any atom is -0.384 e. The maximum absolute atomic E-state index is 10.3. The number of rotatable bonds is 5. The van der Waals surface area contributed by atoms with Crippen molar-refractivity contribution in [3.63, 3.8) is 0 Å². The van der Waals surface area contributed by atoms with Gasteiger partial charge < -0.3 is 5.11 Å². The highest BCUT2D eigenvalue weighted by atomic mass is 16.3. The summed E-state index contributed by atoms with van der Waals surface area (Å²) < 4.78 is 0. The normalized spacial score (nSPS) is 13.2. The van der Waals surface area contributed by atoms with Crippen LogP contribution in [0, 0.1) is 0 Å². The van der Waals surface area contributed by atoms with E-state index in [1.807, 2.05) is 24.3 Å². The molecule has 0 aromatic heterocycles. The molecule has 0 spiro atoms. The molecule has 2 aromatic rings. The lowest BCUT2D eigenvalue weighted by atomic mass is 9.99. The van der Waals surface area contributed by atoms with Crippen LogP contribution in [0.3, 0.4) is 0 Å². The van der Waals surface area contributed by atoms with E-state index in [1.165, 1.54) is 11.1 Å². The van der Waals surface area contributed by atoms with Gasteiger partial charge in [0.05, 0.1) is 6.10 Å². The molecule has 1 heteroatoms. The average Bonchev–Trinajstić information content (AvgIpc) is 2.53. The van der Waals surface area contributed by atoms with Crippen LogP contribution >= 0.6 is 0 Å². The lowest BCUT2D eigenvalue weighted by molar-refractivity contribution is 0.229. The van der Waals surface area contributed by atoms with Crippen LogP contribution in [0.25, 0.3) is 6.08 Å². The zero-order valence-electron chi connectivity index (χ0n) is 14.0. The summed E-state index contributed by atoms with van der Waals surface area (Å²) >= 11 is 0. The standard InChI is InChI=1S/C21H26O/c1-15(2)18-8-5-17(6-9-18)7-14-21(22)20-12-10-19(11-13-20)16(3)4/h5-16,21-22H,1-4H3. The van der Waals surface area contributed by atoms with Gasteiger partial charge in [-0.05, 0) is 34.1 Å². The molecule has 0 aliphatic rings. The predicted molar refractivity (Wildman–Crippen MR) is 95.1 cm³/mol. The molecule has 0 fully saturated rings. The van der Waals surface area contributed by atoms with Crippen molar-refractivity contribution < 1.29 is 5.11 Å². The van der Waals surface area contributed by atoms with Crippen molar-refractivity contribution in [1.29, 1.82) is 0 Å². The van der Waals surface area contributed by atoms with Crippen molar-refractivity contribution in [3.8, 4) is 0 Å². The third kappa shape index (κ3) is 4.32. The number of benzene rings is 2. The van der Waals surface area contributed by atoms with Crippen LogP contribution in [0.1, 0.15) is 67.9 Å². The van der Waals surface area contributed by atoms with Gasteiger partial charge in [-0.1, -0.05) is 88.4 Å². The maximum Gasteiger partial charge on any atom is 0.0975 e. The fraction of sp³-hybridized carbons (Fsp3) is 0.333. The molecule has 0 amide bonds. The van der Waals surface area contributed by atoms with Gasteiger partial charge in [0.1, 0.15) is 0 Å². The number of hydrogen-bond donors (Lipinski definition) is 1. The van der Waals surface area contributed by atoms with Gasteiger partial charge in [0.2, 0.25) is 0 Å². The van der Waals surface area contributed by atoms with Crippen molar-refractivity contribution >= 4 is 6.08 Å². The minimum atomic E-state index is -0.564. The Morgan fingerprint density at radius 3 is 1.55 bits per heavy atom. The summed E-state index contributed by atoms with van der Waals surface area (Å²) in [4.78, 5) is 0. The minimum absolute atomic E-state index is 0.515. The topological polar surface area (TPSA) is 20.2 Å². The molecule has 0 aliphatic heterocycles. The van der Waals surface area contributed by atoms with Crippen LogP contribution in [0.4, 0.5) is 0 Å². The fourth-order valence-electron chi connectivity index (χ4n) is 2.38. The van der Waals surface area contributed by atoms with Crippen molar-refractivity contribution in [2.75, 3.05) is 0 Å². The summed E-state index contributed by atoms with van der Waals surface area (Å²) in [6.07, 6.45) is 3.26. The molecule has 1 unspecified atom stereocenters. The highest BCUT2D eigenvalue weighted by Gasteiger charge is 2.05. The molecule has 2 rings (SSSR count). The van der Waals surface area contributed by atoms with Gasteiger partial charge in [0, 0.05) is 0 Å². The summed E-state index contributed by atoms with van der Waals surface area (Å²) in [6.45, 7) is 8.73. The lowest BCUT2D eigenvalue weighted by Gasteiger charge is -2.09. The highest BCUT2D eigenvalue weighted by molar-refractivity contribution is 5.51. The van der Waals surface area contributed by atoms with E-state index in [-0.39, 0.29) is 0 Å². The number of hydrogen-bond acceptors (Lipinski definition) is 1. The van der Waals surface area contributed by atoms with E-state index < -0.39 is 6.10 Å². The first kappa shape index (κ1) is 16.5. The molecular weight excluding hydrogens is 268 g/mol. The molecule has 0 saturated carbocycles. The Bertz CT molecular complexity index is 603. The summed E-state index contributed by atoms with van der Waals surface area (Å²) in [5.74, 6) is 1.06. The largest absolute Gasteiger partial charge is 0.384 e. The summed E-state index contributed by atoms with van der Waals surface area (Å²) in [5, 5.41) is 10.3. The quantitative estimate of drug-likeness (QED) is 0.752. The second-order valence-electron chi connectivity index (χ2n) is 6.45. The zero-order valence-corrected chi connectivity index (χ0v) is 14.0. The van der Waals surface area contributed by atoms with E-state index in [9.17, 15) is 5.11 Å². The van der Waals surface area contributed by atoms with Gasteiger partial charge in [-0.15, -0.1) is 0 Å². The van der Waals surface area contributed by atoms with Crippen LogP contribution in [0.2, 0.25) is 0 Å². The summed E-state index contributed by atoms with van der Waals surface area (Å²) in [7, 11) is 0. The summed E-state index contributed by atoms with van der Waals surface area (Å²) in [5.41, 5.74) is 4.67. The van der Waals surface area contributed by atoms with E-state index >= 15 is 0 Å². The van der Waals surface area contributed by atoms with Gasteiger partial charge in [-0.3, -0.25) is 0 Å². The van der Waals surface area contributed by atoms with Crippen molar-refractivity contribution in [2.45, 2.75) is 45.6 Å². The van der Waals surface area contributed by atoms with E-state index in [0.29, 0.717) is 11.8 Å². The monoisotopic (exact) mass is 294 g/mol. The Morgan fingerprint density at radius 2 is 1.09 bits per heavy atom. The molecule has 2 aromatic carbocycles. The SMILES string of the molecule is CC(C)c1ccc(C=CC(O)c2ccc(C(C)C)cc2)cc1. The molecule has 1 nitrogen and oxygen atoms in total. The van der Waals surface area contributed by atoms with E-state index in [1.54, 1.807) is 0 Å². The Labute approximate surface area is 134 Å². The second kappa shape index (κ2) is 7.42.